The number of ether oxygens (including phenoxy) is 2. The summed E-state index contributed by atoms with van der Waals surface area (Å²) in [5.41, 5.74) is 1.94. The Kier molecular flexibility index (Phi) is 9.11. The first-order chi connectivity index (χ1) is 18.1. The molecule has 2 atom stereocenters. The van der Waals surface area contributed by atoms with Crippen molar-refractivity contribution < 1.29 is 19.4 Å². The second-order valence-electron chi connectivity index (χ2n) is 9.06. The molecular weight excluding hydrogens is 464 g/mol. The molecule has 1 heterocycles. The quantitative estimate of drug-likeness (QED) is 0.351. The van der Waals surface area contributed by atoms with Crippen LogP contribution in [-0.2, 0) is 16.0 Å². The molecule has 0 saturated carbocycles. The molecule has 0 fully saturated rings. The van der Waals surface area contributed by atoms with Gasteiger partial charge in [0.15, 0.2) is 5.54 Å². The van der Waals surface area contributed by atoms with E-state index >= 15 is 0 Å². The number of carbonyl (C=O) groups is 1. The molecule has 4 rings (SSSR count). The van der Waals surface area contributed by atoms with Crippen molar-refractivity contribution >= 4 is 17.9 Å². The highest BCUT2D eigenvalue weighted by molar-refractivity contribution is 6.00. The molecule has 6 nitrogen and oxygen atoms in total. The highest BCUT2D eigenvalue weighted by Gasteiger charge is 2.49. The van der Waals surface area contributed by atoms with Gasteiger partial charge >= 0.3 is 0 Å². The molecule has 0 unspecified atom stereocenters. The van der Waals surface area contributed by atoms with Crippen LogP contribution in [0.25, 0.3) is 6.08 Å². The van der Waals surface area contributed by atoms with Gasteiger partial charge in [0, 0.05) is 31.6 Å². The van der Waals surface area contributed by atoms with Crippen LogP contribution in [0.3, 0.4) is 0 Å². The van der Waals surface area contributed by atoms with E-state index in [2.05, 4.69) is 17.4 Å². The van der Waals surface area contributed by atoms with E-state index in [4.69, 9.17) is 19.6 Å². The minimum Gasteiger partial charge on any atom is -0.494 e. The monoisotopic (exact) mass is 498 g/mol. The fraction of sp³-hybridized carbons (Fsp3) is 0.290. The Morgan fingerprint density at radius 3 is 2.46 bits per heavy atom. The highest BCUT2D eigenvalue weighted by Crippen LogP contribution is 2.33. The van der Waals surface area contributed by atoms with E-state index in [0.717, 1.165) is 17.5 Å². The van der Waals surface area contributed by atoms with Gasteiger partial charge in [-0.15, -0.1) is 0 Å². The molecule has 0 bridgehead atoms. The maximum atomic E-state index is 13.6. The first kappa shape index (κ1) is 26.2. The Hall–Kier alpha value is -3.90. The predicted octanol–water partition coefficient (Wildman–Crippen LogP) is 4.81. The van der Waals surface area contributed by atoms with Crippen LogP contribution in [0.5, 0.6) is 5.75 Å². The summed E-state index contributed by atoms with van der Waals surface area (Å²) in [5, 5.41) is 12.0. The van der Waals surface area contributed by atoms with E-state index in [9.17, 15) is 4.79 Å². The second-order valence-corrected chi connectivity index (χ2v) is 9.06. The third-order valence-electron chi connectivity index (χ3n) is 6.41. The molecular formula is C31H34N2O4. The fourth-order valence-corrected chi connectivity index (χ4v) is 4.24. The minimum atomic E-state index is -1.08. The number of aliphatic hydroxyl groups excluding tert-OH is 1. The van der Waals surface area contributed by atoms with E-state index in [1.54, 1.807) is 0 Å². The smallest absolute Gasteiger partial charge is 0.252 e. The number of hydrogen-bond donors (Lipinski definition) is 2. The van der Waals surface area contributed by atoms with Crippen molar-refractivity contribution in [1.29, 1.82) is 0 Å². The standard InChI is InChI=1S/C31H34N2O4/c1-24-31(20-8-14-25-10-4-2-5-11-25,30(35)32-21-19-26-12-6-3-7-13-26)33-29(37-24)27-15-17-28(18-16-27)36-23-9-22-34/h2-8,10-18,24,34H,9,19-23H2,1H3,(H,32,35)/b14-8+/t24-,31-/m1/s1. The molecule has 0 saturated heterocycles. The number of nitrogens with zero attached hydrogens (tertiary/aromatic N) is 1. The first-order valence-electron chi connectivity index (χ1n) is 12.7. The van der Waals surface area contributed by atoms with E-state index in [0.29, 0.717) is 37.6 Å². The Morgan fingerprint density at radius 2 is 1.76 bits per heavy atom. The molecule has 192 valence electrons. The number of hydrogen-bond acceptors (Lipinski definition) is 5. The zero-order chi connectivity index (χ0) is 25.9. The third-order valence-corrected chi connectivity index (χ3v) is 6.41. The topological polar surface area (TPSA) is 80.2 Å². The molecule has 3 aromatic rings. The highest BCUT2D eigenvalue weighted by atomic mass is 16.5. The minimum absolute atomic E-state index is 0.0921. The van der Waals surface area contributed by atoms with Gasteiger partial charge in [-0.25, -0.2) is 4.99 Å². The molecule has 2 N–H and O–H groups in total. The van der Waals surface area contributed by atoms with Crippen LogP contribution in [0.4, 0.5) is 0 Å². The van der Waals surface area contributed by atoms with Crippen molar-refractivity contribution in [2.45, 2.75) is 37.8 Å². The molecule has 0 radical (unpaired) electrons. The molecule has 0 aromatic heterocycles. The number of amides is 1. The molecule has 3 aromatic carbocycles. The van der Waals surface area contributed by atoms with Crippen LogP contribution in [-0.4, -0.2) is 48.3 Å². The van der Waals surface area contributed by atoms with Gasteiger partial charge < -0.3 is 19.9 Å². The lowest BCUT2D eigenvalue weighted by atomic mass is 9.89. The van der Waals surface area contributed by atoms with E-state index in [-0.39, 0.29) is 12.5 Å². The summed E-state index contributed by atoms with van der Waals surface area (Å²) in [6.07, 6.45) is 5.29. The van der Waals surface area contributed by atoms with Gasteiger partial charge in [0.2, 0.25) is 5.90 Å². The fourth-order valence-electron chi connectivity index (χ4n) is 4.24. The zero-order valence-electron chi connectivity index (χ0n) is 21.2. The summed E-state index contributed by atoms with van der Waals surface area (Å²) in [6.45, 7) is 2.96. The lowest BCUT2D eigenvalue weighted by molar-refractivity contribution is -0.128. The second kappa shape index (κ2) is 12.9. The normalized spacial score (nSPS) is 18.9. The number of rotatable bonds is 12. The average molecular weight is 499 g/mol. The number of benzene rings is 3. The first-order valence-corrected chi connectivity index (χ1v) is 12.7. The Bertz CT molecular complexity index is 1190. The zero-order valence-corrected chi connectivity index (χ0v) is 21.2. The van der Waals surface area contributed by atoms with E-state index < -0.39 is 11.6 Å². The largest absolute Gasteiger partial charge is 0.494 e. The summed E-state index contributed by atoms with van der Waals surface area (Å²) in [7, 11) is 0. The molecule has 37 heavy (non-hydrogen) atoms. The lowest BCUT2D eigenvalue weighted by Crippen LogP contribution is -2.51. The third kappa shape index (κ3) is 6.86. The van der Waals surface area contributed by atoms with Gasteiger partial charge in [0.25, 0.3) is 5.91 Å². The molecule has 0 spiro atoms. The van der Waals surface area contributed by atoms with Gasteiger partial charge in [-0.3, -0.25) is 4.79 Å². The summed E-state index contributed by atoms with van der Waals surface area (Å²) in [6, 6.07) is 27.5. The van der Waals surface area contributed by atoms with Crippen LogP contribution in [0.1, 0.15) is 36.5 Å². The summed E-state index contributed by atoms with van der Waals surface area (Å²) < 4.78 is 11.8. The van der Waals surface area contributed by atoms with Crippen LogP contribution in [0, 0.1) is 0 Å². The van der Waals surface area contributed by atoms with Crippen molar-refractivity contribution in [1.82, 2.24) is 5.32 Å². The summed E-state index contributed by atoms with van der Waals surface area (Å²) >= 11 is 0. The Balaban J connectivity index is 1.52. The van der Waals surface area contributed by atoms with Crippen LogP contribution in [0.2, 0.25) is 0 Å². The van der Waals surface area contributed by atoms with Crippen molar-refractivity contribution in [3.05, 3.63) is 108 Å². The van der Waals surface area contributed by atoms with Crippen LogP contribution < -0.4 is 10.1 Å². The van der Waals surface area contributed by atoms with E-state index in [1.807, 2.05) is 91.9 Å². The van der Waals surface area contributed by atoms with Crippen LogP contribution in [0.15, 0.2) is 96.0 Å². The number of nitrogens with one attached hydrogen (secondary N) is 1. The molecule has 1 aliphatic heterocycles. The van der Waals surface area contributed by atoms with Gasteiger partial charge in [-0.2, -0.15) is 0 Å². The number of aliphatic hydroxyl groups is 1. The van der Waals surface area contributed by atoms with Gasteiger partial charge in [0.1, 0.15) is 11.9 Å². The number of aliphatic imine (C=N–C) groups is 1. The van der Waals surface area contributed by atoms with Gasteiger partial charge in [0.05, 0.1) is 6.61 Å². The Morgan fingerprint density at radius 1 is 1.05 bits per heavy atom. The number of carbonyl (C=O) groups excluding carboxylic acids is 1. The van der Waals surface area contributed by atoms with Crippen molar-refractivity contribution in [2.75, 3.05) is 19.8 Å². The molecule has 1 aliphatic rings. The molecule has 1 amide bonds. The molecule has 6 heteroatoms. The van der Waals surface area contributed by atoms with E-state index in [1.165, 1.54) is 5.56 Å². The Labute approximate surface area is 218 Å². The summed E-state index contributed by atoms with van der Waals surface area (Å²) in [4.78, 5) is 18.5. The van der Waals surface area contributed by atoms with Gasteiger partial charge in [-0.05, 0) is 48.7 Å². The van der Waals surface area contributed by atoms with Crippen molar-refractivity contribution in [2.24, 2.45) is 4.99 Å². The average Bonchev–Trinajstić information content (AvgIpc) is 3.27. The lowest BCUT2D eigenvalue weighted by Gasteiger charge is -2.27. The van der Waals surface area contributed by atoms with Crippen molar-refractivity contribution in [3.63, 3.8) is 0 Å². The van der Waals surface area contributed by atoms with Gasteiger partial charge in [-0.1, -0.05) is 72.8 Å². The van der Waals surface area contributed by atoms with Crippen molar-refractivity contribution in [3.8, 4) is 5.75 Å². The van der Waals surface area contributed by atoms with Crippen LogP contribution >= 0.6 is 0 Å². The molecule has 0 aliphatic carbocycles. The maximum Gasteiger partial charge on any atom is 0.252 e. The predicted molar refractivity (Wildman–Crippen MR) is 147 cm³/mol. The SMILES string of the molecule is C[C@H]1OC(c2ccc(OCCCO)cc2)=N[C@@]1(C/C=C/c1ccccc1)C(=O)NCCc1ccccc1. The summed E-state index contributed by atoms with van der Waals surface area (Å²) in [5.74, 6) is 1.01. The maximum absolute atomic E-state index is 13.6.